The number of piperidine rings is 1. The molecule has 248 valence electrons. The predicted octanol–water partition coefficient (Wildman–Crippen LogP) is 6.09. The van der Waals surface area contributed by atoms with E-state index in [2.05, 4.69) is 25.6 Å². The molecule has 2 N–H and O–H groups in total. The number of carbonyl (C=O) groups is 2. The third kappa shape index (κ3) is 8.29. The number of hydrogen-bond acceptors (Lipinski definition) is 7. The van der Waals surface area contributed by atoms with Crippen molar-refractivity contribution in [1.29, 1.82) is 0 Å². The van der Waals surface area contributed by atoms with E-state index in [0.717, 1.165) is 51.0 Å². The molecule has 10 nitrogen and oxygen atoms in total. The van der Waals surface area contributed by atoms with Gasteiger partial charge in [-0.05, 0) is 98.8 Å². The van der Waals surface area contributed by atoms with E-state index in [0.29, 0.717) is 28.4 Å². The minimum Gasteiger partial charge on any atom is -0.451 e. The first-order valence-corrected chi connectivity index (χ1v) is 17.1. The molecule has 0 spiro atoms. The molecule has 2 fully saturated rings. The number of rotatable bonds is 11. The van der Waals surface area contributed by atoms with Gasteiger partial charge in [-0.25, -0.2) is 4.98 Å². The van der Waals surface area contributed by atoms with Crippen LogP contribution in [0.15, 0.2) is 70.4 Å². The first kappa shape index (κ1) is 32.9. The average molecular weight is 659 g/mol. The molecular formula is C36H43ClN6O4. The largest absolute Gasteiger partial charge is 0.451 e. The number of likely N-dealkylation sites (tertiary alicyclic amines) is 1. The Hall–Kier alpha value is -4.02. The van der Waals surface area contributed by atoms with Crippen LogP contribution in [-0.4, -0.2) is 57.2 Å². The maximum Gasteiger partial charge on any atom is 0.287 e. The number of hydrogen-bond donors (Lipinski definition) is 2. The fourth-order valence-electron chi connectivity index (χ4n) is 7.54. The third-order valence-corrected chi connectivity index (χ3v) is 10.3. The number of anilines is 1. The molecule has 1 aliphatic heterocycles. The van der Waals surface area contributed by atoms with E-state index in [9.17, 15) is 14.4 Å². The zero-order valence-electron chi connectivity index (χ0n) is 26.9. The van der Waals surface area contributed by atoms with Crippen LogP contribution < -0.4 is 16.1 Å². The number of aromatic nitrogens is 3. The molecule has 2 aromatic carbocycles. The Labute approximate surface area is 279 Å². The van der Waals surface area contributed by atoms with Gasteiger partial charge in [0.25, 0.3) is 5.91 Å². The van der Waals surface area contributed by atoms with Gasteiger partial charge < -0.3 is 20.0 Å². The topological polar surface area (TPSA) is 122 Å². The van der Waals surface area contributed by atoms with Crippen LogP contribution in [0.4, 0.5) is 5.69 Å². The number of carbonyl (C=O) groups excluding carboxylic acids is 2. The Morgan fingerprint density at radius 3 is 2.53 bits per heavy atom. The van der Waals surface area contributed by atoms with Gasteiger partial charge in [0.15, 0.2) is 11.2 Å². The van der Waals surface area contributed by atoms with E-state index < -0.39 is 5.91 Å². The minimum atomic E-state index is -0.434. The Morgan fingerprint density at radius 2 is 1.83 bits per heavy atom. The second-order valence-electron chi connectivity index (χ2n) is 13.3. The van der Waals surface area contributed by atoms with E-state index in [4.69, 9.17) is 16.0 Å². The molecule has 2 aliphatic rings. The lowest BCUT2D eigenvalue weighted by molar-refractivity contribution is -0.114. The lowest BCUT2D eigenvalue weighted by atomic mass is 9.63. The molecule has 2 amide bonds. The van der Waals surface area contributed by atoms with Crippen LogP contribution >= 0.6 is 11.6 Å². The smallest absolute Gasteiger partial charge is 0.287 e. The van der Waals surface area contributed by atoms with E-state index in [1.807, 2.05) is 35.3 Å². The van der Waals surface area contributed by atoms with Crippen LogP contribution in [0.25, 0.3) is 11.0 Å². The van der Waals surface area contributed by atoms with Gasteiger partial charge >= 0.3 is 0 Å². The van der Waals surface area contributed by atoms with Gasteiger partial charge in [-0.15, -0.1) is 0 Å². The zero-order chi connectivity index (χ0) is 32.8. The fourth-order valence-corrected chi connectivity index (χ4v) is 7.67. The van der Waals surface area contributed by atoms with Gasteiger partial charge in [-0.1, -0.05) is 43.0 Å². The summed E-state index contributed by atoms with van der Waals surface area (Å²) in [6.07, 6.45) is 13.6. The standard InChI is InChI=1S/C36H43ClN6O4/c1-25(44)40-29-11-12-33-31(20-29)32(45)21-34(47-33)35(46)41-30(19-26-7-9-28(37)10-8-26)13-16-42-17-14-36(15-18-42,22-43-24-38-23-39-43)27-5-3-2-4-6-27/h7-12,20-21,23-24,27,30H,2-6,13-19,22H2,1H3,(H,40,44)(H,41,46)/t30-/m1/s1. The van der Waals surface area contributed by atoms with Crippen LogP contribution in [0.3, 0.4) is 0 Å². The fraction of sp³-hybridized carbons (Fsp3) is 0.472. The summed E-state index contributed by atoms with van der Waals surface area (Å²) in [5, 5.41) is 11.2. The number of nitrogens with one attached hydrogen (secondary N) is 2. The van der Waals surface area contributed by atoms with Crippen molar-refractivity contribution in [3.05, 3.63) is 87.8 Å². The monoisotopic (exact) mass is 658 g/mol. The van der Waals surface area contributed by atoms with E-state index in [-0.39, 0.29) is 34.1 Å². The highest BCUT2D eigenvalue weighted by Crippen LogP contribution is 2.47. The van der Waals surface area contributed by atoms with Crippen LogP contribution in [0.2, 0.25) is 5.02 Å². The van der Waals surface area contributed by atoms with Crippen molar-refractivity contribution < 1.29 is 14.0 Å². The Balaban J connectivity index is 1.14. The van der Waals surface area contributed by atoms with Crippen molar-refractivity contribution in [3.63, 3.8) is 0 Å². The highest BCUT2D eigenvalue weighted by Gasteiger charge is 2.42. The van der Waals surface area contributed by atoms with Crippen molar-refractivity contribution in [3.8, 4) is 0 Å². The minimum absolute atomic E-state index is 0.0424. The Morgan fingerprint density at radius 1 is 1.06 bits per heavy atom. The summed E-state index contributed by atoms with van der Waals surface area (Å²) in [7, 11) is 0. The summed E-state index contributed by atoms with van der Waals surface area (Å²) in [6.45, 7) is 5.18. The molecule has 0 radical (unpaired) electrons. The molecular weight excluding hydrogens is 616 g/mol. The van der Waals surface area contributed by atoms with Gasteiger partial charge in [0.05, 0.1) is 5.39 Å². The van der Waals surface area contributed by atoms with Gasteiger partial charge in [-0.2, -0.15) is 5.10 Å². The molecule has 11 heteroatoms. The van der Waals surface area contributed by atoms with Crippen molar-refractivity contribution >= 4 is 40.1 Å². The molecule has 6 rings (SSSR count). The Bertz CT molecular complexity index is 1720. The normalized spacial score (nSPS) is 17.7. The predicted molar refractivity (Wildman–Crippen MR) is 183 cm³/mol. The molecule has 3 heterocycles. The number of nitrogens with zero attached hydrogens (tertiary/aromatic N) is 4. The van der Waals surface area contributed by atoms with E-state index >= 15 is 0 Å². The summed E-state index contributed by atoms with van der Waals surface area (Å²) in [5.41, 5.74) is 1.72. The molecule has 1 atom stereocenters. The zero-order valence-corrected chi connectivity index (χ0v) is 27.7. The van der Waals surface area contributed by atoms with Crippen LogP contribution in [0.5, 0.6) is 0 Å². The number of halogens is 1. The molecule has 0 unspecified atom stereocenters. The highest BCUT2D eigenvalue weighted by molar-refractivity contribution is 6.30. The first-order valence-electron chi connectivity index (χ1n) is 16.7. The quantitative estimate of drug-likeness (QED) is 0.200. The molecule has 47 heavy (non-hydrogen) atoms. The molecule has 1 aliphatic carbocycles. The average Bonchev–Trinajstić information content (AvgIpc) is 3.58. The summed E-state index contributed by atoms with van der Waals surface area (Å²) in [4.78, 5) is 44.7. The van der Waals surface area contributed by atoms with Crippen molar-refractivity contribution in [2.45, 2.75) is 77.3 Å². The van der Waals surface area contributed by atoms with Crippen molar-refractivity contribution in [2.75, 3.05) is 25.0 Å². The maximum absolute atomic E-state index is 13.5. The van der Waals surface area contributed by atoms with Crippen molar-refractivity contribution in [1.82, 2.24) is 25.0 Å². The number of fused-ring (bicyclic) bond motifs is 1. The van der Waals surface area contributed by atoms with Gasteiger partial charge in [0.1, 0.15) is 18.2 Å². The second kappa shape index (κ2) is 14.8. The SMILES string of the molecule is CC(=O)Nc1ccc2oc(C(=O)N[C@H](CCN3CCC(Cn4cncn4)(C4CCCCC4)CC3)Cc3ccc(Cl)cc3)cc(=O)c2c1. The summed E-state index contributed by atoms with van der Waals surface area (Å²) < 4.78 is 7.91. The molecule has 4 aromatic rings. The number of amides is 2. The Kier molecular flexibility index (Phi) is 10.4. The highest BCUT2D eigenvalue weighted by atomic mass is 35.5. The molecule has 0 bridgehead atoms. The van der Waals surface area contributed by atoms with Crippen LogP contribution in [0, 0.1) is 11.3 Å². The lowest BCUT2D eigenvalue weighted by Gasteiger charge is -2.48. The van der Waals surface area contributed by atoms with E-state index in [1.165, 1.54) is 45.1 Å². The summed E-state index contributed by atoms with van der Waals surface area (Å²) in [5.74, 6) is 0.000379. The van der Waals surface area contributed by atoms with Crippen LogP contribution in [0.1, 0.15) is 74.4 Å². The first-order chi connectivity index (χ1) is 22.8. The lowest BCUT2D eigenvalue weighted by Crippen LogP contribution is -2.48. The van der Waals surface area contributed by atoms with Crippen molar-refractivity contribution in [2.24, 2.45) is 11.3 Å². The van der Waals surface area contributed by atoms with Gasteiger partial charge in [-0.3, -0.25) is 19.1 Å². The molecule has 1 saturated heterocycles. The molecule has 1 saturated carbocycles. The summed E-state index contributed by atoms with van der Waals surface area (Å²) in [6, 6.07) is 13.5. The summed E-state index contributed by atoms with van der Waals surface area (Å²) >= 11 is 6.15. The third-order valence-electron chi connectivity index (χ3n) is 10.1. The maximum atomic E-state index is 13.5. The van der Waals surface area contributed by atoms with Crippen LogP contribution in [-0.2, 0) is 17.8 Å². The van der Waals surface area contributed by atoms with Gasteiger partial charge in [0, 0.05) is 42.8 Å². The van der Waals surface area contributed by atoms with E-state index in [1.54, 1.807) is 24.5 Å². The second-order valence-corrected chi connectivity index (χ2v) is 13.7. The van der Waals surface area contributed by atoms with Gasteiger partial charge in [0.2, 0.25) is 5.91 Å². The number of benzene rings is 2. The molecule has 2 aromatic heterocycles.